The van der Waals surface area contributed by atoms with Crippen molar-refractivity contribution in [3.63, 3.8) is 0 Å². The molecule has 2 amide bonds. The number of ether oxygens (including phenoxy) is 1. The second kappa shape index (κ2) is 8.50. The average Bonchev–Trinajstić information content (AvgIpc) is 3.41. The quantitative estimate of drug-likeness (QED) is 0.565. The molecule has 6 nitrogen and oxygen atoms in total. The molecule has 2 aliphatic heterocycles. The van der Waals surface area contributed by atoms with Crippen LogP contribution >= 0.6 is 11.8 Å². The Labute approximate surface area is 200 Å². The van der Waals surface area contributed by atoms with Gasteiger partial charge in [0.1, 0.15) is 11.6 Å². The molecule has 8 heteroatoms. The Hall–Kier alpha value is -3.83. The van der Waals surface area contributed by atoms with E-state index in [0.29, 0.717) is 34.9 Å². The summed E-state index contributed by atoms with van der Waals surface area (Å²) in [5.74, 6) is -0.338. The summed E-state index contributed by atoms with van der Waals surface area (Å²) < 4.78 is 19.9. The number of nitriles is 1. The predicted octanol–water partition coefficient (Wildman–Crippen LogP) is 4.29. The zero-order chi connectivity index (χ0) is 23.9. The summed E-state index contributed by atoms with van der Waals surface area (Å²) in [5, 5.41) is 9.26. The van der Waals surface area contributed by atoms with Gasteiger partial charge >= 0.3 is 0 Å². The number of halogens is 1. The summed E-state index contributed by atoms with van der Waals surface area (Å²) in [6, 6.07) is 20.4. The van der Waals surface area contributed by atoms with Crippen molar-refractivity contribution in [1.82, 2.24) is 4.90 Å². The molecule has 1 saturated heterocycles. The van der Waals surface area contributed by atoms with Crippen LogP contribution in [-0.4, -0.2) is 36.1 Å². The Morgan fingerprint density at radius 2 is 2.00 bits per heavy atom. The molecule has 3 aromatic carbocycles. The van der Waals surface area contributed by atoms with E-state index in [9.17, 15) is 19.2 Å². The lowest BCUT2D eigenvalue weighted by atomic mass is 10.0. The fourth-order valence-corrected chi connectivity index (χ4v) is 6.03. The van der Waals surface area contributed by atoms with Gasteiger partial charge < -0.3 is 14.5 Å². The third-order valence-corrected chi connectivity index (χ3v) is 7.57. The molecule has 2 aliphatic rings. The van der Waals surface area contributed by atoms with Gasteiger partial charge in [-0.1, -0.05) is 24.3 Å². The molecule has 34 heavy (non-hydrogen) atoms. The molecule has 2 heterocycles. The minimum Gasteiger partial charge on any atom is -0.497 e. The second-order valence-electron chi connectivity index (χ2n) is 8.02. The van der Waals surface area contributed by atoms with Gasteiger partial charge in [0.25, 0.3) is 11.8 Å². The topological polar surface area (TPSA) is 73.6 Å². The molecule has 0 N–H and O–H groups in total. The van der Waals surface area contributed by atoms with Crippen molar-refractivity contribution < 1.29 is 18.7 Å². The van der Waals surface area contributed by atoms with E-state index < -0.39 is 16.6 Å². The number of methoxy groups -OCH3 is 1. The van der Waals surface area contributed by atoms with Gasteiger partial charge in [0, 0.05) is 17.9 Å². The summed E-state index contributed by atoms with van der Waals surface area (Å²) in [6.45, 7) is 0.537. The van der Waals surface area contributed by atoms with Crippen molar-refractivity contribution in [1.29, 1.82) is 5.26 Å². The normalized spacial score (nSPS) is 18.8. The van der Waals surface area contributed by atoms with E-state index in [1.165, 1.54) is 34.9 Å². The maximum Gasteiger partial charge on any atom is 0.268 e. The van der Waals surface area contributed by atoms with Gasteiger partial charge in [0.2, 0.25) is 0 Å². The number of carbonyl (C=O) groups is 2. The summed E-state index contributed by atoms with van der Waals surface area (Å²) >= 11 is 1.36. The fourth-order valence-electron chi connectivity index (χ4n) is 4.58. The van der Waals surface area contributed by atoms with Gasteiger partial charge in [0.15, 0.2) is 4.87 Å². The van der Waals surface area contributed by atoms with E-state index in [-0.39, 0.29) is 18.0 Å². The van der Waals surface area contributed by atoms with Gasteiger partial charge in [-0.25, -0.2) is 4.39 Å². The van der Waals surface area contributed by atoms with E-state index in [4.69, 9.17) is 4.74 Å². The number of anilines is 1. The van der Waals surface area contributed by atoms with Gasteiger partial charge in [-0.3, -0.25) is 9.59 Å². The maximum absolute atomic E-state index is 14.5. The number of nitrogens with zero attached hydrogens (tertiary/aromatic N) is 3. The number of fused-ring (bicyclic) bond motifs is 2. The van der Waals surface area contributed by atoms with Gasteiger partial charge in [-0.05, 0) is 48.0 Å². The first-order valence-corrected chi connectivity index (χ1v) is 11.7. The summed E-state index contributed by atoms with van der Waals surface area (Å²) in [5.41, 5.74) is 2.53. The summed E-state index contributed by atoms with van der Waals surface area (Å²) in [6.07, 6.45) is 0. The van der Waals surface area contributed by atoms with Crippen molar-refractivity contribution in [2.45, 2.75) is 11.4 Å². The van der Waals surface area contributed by atoms with Crippen LogP contribution in [-0.2, 0) is 16.2 Å². The van der Waals surface area contributed by atoms with Gasteiger partial charge in [-0.15, -0.1) is 11.8 Å². The van der Waals surface area contributed by atoms with Crippen LogP contribution in [0.5, 0.6) is 5.75 Å². The largest absolute Gasteiger partial charge is 0.497 e. The molecule has 0 radical (unpaired) electrons. The molecular formula is C26H20FN3O3S. The van der Waals surface area contributed by atoms with Gasteiger partial charge in [0.05, 0.1) is 36.5 Å². The van der Waals surface area contributed by atoms with Crippen LogP contribution in [0.25, 0.3) is 0 Å². The number of hydrogen-bond donors (Lipinski definition) is 0. The maximum atomic E-state index is 14.5. The van der Waals surface area contributed by atoms with Crippen LogP contribution in [0.3, 0.4) is 0 Å². The molecule has 1 spiro atoms. The van der Waals surface area contributed by atoms with E-state index >= 15 is 0 Å². The first-order valence-electron chi connectivity index (χ1n) is 10.7. The highest BCUT2D eigenvalue weighted by Gasteiger charge is 2.59. The van der Waals surface area contributed by atoms with Crippen molar-refractivity contribution in [3.8, 4) is 11.8 Å². The standard InChI is InChI=1S/C26H20FN3O3S/c1-33-19-9-10-23-21(14-19)26(25(32)29(23)16-18-6-4-5-17(13-18)15-28)30(11-12-34-26)24(31)20-7-2-3-8-22(20)27/h2-10,13-14H,11-12,16H2,1H3/t26-/m1/s1. The van der Waals surface area contributed by atoms with E-state index in [0.717, 1.165) is 5.56 Å². The van der Waals surface area contributed by atoms with Crippen molar-refractivity contribution in [2.24, 2.45) is 0 Å². The molecule has 0 unspecified atom stereocenters. The van der Waals surface area contributed by atoms with E-state index in [1.54, 1.807) is 54.5 Å². The first-order chi connectivity index (χ1) is 16.5. The highest BCUT2D eigenvalue weighted by Crippen LogP contribution is 2.55. The molecular weight excluding hydrogens is 453 g/mol. The lowest BCUT2D eigenvalue weighted by molar-refractivity contribution is -0.123. The highest BCUT2D eigenvalue weighted by atomic mass is 32.2. The molecule has 0 aliphatic carbocycles. The number of rotatable bonds is 4. The van der Waals surface area contributed by atoms with Crippen molar-refractivity contribution in [3.05, 3.63) is 94.8 Å². The van der Waals surface area contributed by atoms with E-state index in [1.807, 2.05) is 6.07 Å². The molecule has 0 aromatic heterocycles. The van der Waals surface area contributed by atoms with Crippen LogP contribution in [0.2, 0.25) is 0 Å². The molecule has 3 aromatic rings. The molecule has 170 valence electrons. The lowest BCUT2D eigenvalue weighted by Gasteiger charge is -2.33. The predicted molar refractivity (Wildman–Crippen MR) is 127 cm³/mol. The van der Waals surface area contributed by atoms with Crippen molar-refractivity contribution >= 4 is 29.3 Å². The lowest BCUT2D eigenvalue weighted by Crippen LogP contribution is -2.50. The monoisotopic (exact) mass is 473 g/mol. The molecule has 0 bridgehead atoms. The summed E-state index contributed by atoms with van der Waals surface area (Å²) in [4.78, 5) is 29.4. The Morgan fingerprint density at radius 1 is 1.18 bits per heavy atom. The number of hydrogen-bond acceptors (Lipinski definition) is 5. The number of benzene rings is 3. The molecule has 1 fully saturated rings. The minimum atomic E-state index is -1.32. The third kappa shape index (κ3) is 3.32. The highest BCUT2D eigenvalue weighted by molar-refractivity contribution is 8.01. The fraction of sp³-hybridized carbons (Fsp3) is 0.192. The van der Waals surface area contributed by atoms with Crippen LogP contribution in [0.15, 0.2) is 66.7 Å². The van der Waals surface area contributed by atoms with Crippen LogP contribution in [0.4, 0.5) is 10.1 Å². The smallest absolute Gasteiger partial charge is 0.268 e. The Kier molecular flexibility index (Phi) is 5.50. The number of amides is 2. The van der Waals surface area contributed by atoms with Crippen LogP contribution in [0, 0.1) is 17.1 Å². The first kappa shape index (κ1) is 22.0. The van der Waals surface area contributed by atoms with Crippen LogP contribution in [0.1, 0.15) is 27.0 Å². The Morgan fingerprint density at radius 3 is 2.76 bits per heavy atom. The molecule has 5 rings (SSSR count). The zero-order valence-electron chi connectivity index (χ0n) is 18.3. The molecule has 0 saturated carbocycles. The van der Waals surface area contributed by atoms with Gasteiger partial charge in [-0.2, -0.15) is 5.26 Å². The zero-order valence-corrected chi connectivity index (χ0v) is 19.1. The average molecular weight is 474 g/mol. The van der Waals surface area contributed by atoms with Crippen molar-refractivity contribution in [2.75, 3.05) is 24.3 Å². The Bertz CT molecular complexity index is 1360. The second-order valence-corrected chi connectivity index (χ2v) is 9.30. The number of carbonyl (C=O) groups excluding carboxylic acids is 2. The molecule has 1 atom stereocenters. The minimum absolute atomic E-state index is 0.0678. The SMILES string of the molecule is COc1ccc2c(c1)[C@@]1(SCCN1C(=O)c1ccccc1F)C(=O)N2Cc1cccc(C#N)c1. The van der Waals surface area contributed by atoms with E-state index in [2.05, 4.69) is 6.07 Å². The number of thioether (sulfide) groups is 1. The third-order valence-electron chi connectivity index (χ3n) is 6.15. The van der Waals surface area contributed by atoms with Crippen LogP contribution < -0.4 is 9.64 Å². The Balaban J connectivity index is 1.62. The summed E-state index contributed by atoms with van der Waals surface area (Å²) in [7, 11) is 1.54.